The van der Waals surface area contributed by atoms with Crippen molar-refractivity contribution in [3.8, 4) is 11.8 Å². The fraction of sp³-hybridized carbons (Fsp3) is 0.154. The Balaban J connectivity index is 2.35. The molecule has 0 fully saturated rings. The monoisotopic (exact) mass is 272 g/mol. The molecule has 1 heterocycles. The average Bonchev–Trinajstić information content (AvgIpc) is 2.47. The molecule has 19 heavy (non-hydrogen) atoms. The Morgan fingerprint density at radius 1 is 1.37 bits per heavy atom. The summed E-state index contributed by atoms with van der Waals surface area (Å²) in [5.74, 6) is 1.23. The van der Waals surface area contributed by atoms with Crippen molar-refractivity contribution in [1.82, 2.24) is 9.97 Å². The Hall–Kier alpha value is -2.26. The molecule has 2 aromatic rings. The third kappa shape index (κ3) is 2.95. The molecule has 0 atom stereocenters. The molecular weight excluding hydrogens is 260 g/mol. The van der Waals surface area contributed by atoms with Crippen LogP contribution >= 0.6 is 11.8 Å². The number of nitrogens with zero attached hydrogens (tertiary/aromatic N) is 3. The highest BCUT2D eigenvalue weighted by atomic mass is 32.2. The van der Waals surface area contributed by atoms with Crippen LogP contribution in [0.2, 0.25) is 0 Å². The van der Waals surface area contributed by atoms with Gasteiger partial charge in [-0.25, -0.2) is 9.97 Å². The van der Waals surface area contributed by atoms with E-state index in [2.05, 4.69) is 21.4 Å². The predicted octanol–water partition coefficient (Wildman–Crippen LogP) is 2.82. The number of ether oxygens (including phenoxy) is 1. The predicted molar refractivity (Wildman–Crippen MR) is 74.8 cm³/mol. The second kappa shape index (κ2) is 6.07. The molecule has 0 aliphatic carbocycles. The molecule has 0 aliphatic rings. The molecule has 1 aromatic heterocycles. The summed E-state index contributed by atoms with van der Waals surface area (Å²) in [6.45, 7) is 0. The zero-order chi connectivity index (χ0) is 13.7. The van der Waals surface area contributed by atoms with Crippen LogP contribution in [0.25, 0.3) is 0 Å². The molecule has 0 spiro atoms. The maximum atomic E-state index is 9.20. The Morgan fingerprint density at radius 3 is 2.89 bits per heavy atom. The summed E-state index contributed by atoms with van der Waals surface area (Å²) in [4.78, 5) is 8.18. The lowest BCUT2D eigenvalue weighted by atomic mass is 10.2. The van der Waals surface area contributed by atoms with E-state index in [0.29, 0.717) is 16.4 Å². The smallest absolute Gasteiger partial charge is 0.152 e. The first-order valence-corrected chi connectivity index (χ1v) is 6.71. The van der Waals surface area contributed by atoms with Gasteiger partial charge in [-0.15, -0.1) is 11.8 Å². The molecular formula is C13H12N4OS. The first kappa shape index (κ1) is 13.2. The first-order valence-electron chi connectivity index (χ1n) is 5.48. The van der Waals surface area contributed by atoms with Crippen LogP contribution in [0.3, 0.4) is 0 Å². The molecule has 0 radical (unpaired) electrons. The highest BCUT2D eigenvalue weighted by Crippen LogP contribution is 2.26. The van der Waals surface area contributed by atoms with E-state index >= 15 is 0 Å². The molecule has 2 rings (SSSR count). The number of methoxy groups -OCH3 is 1. The standard InChI is InChI=1S/C13H12N4OS/c1-18-10-5-3-4-9(6-10)17-12-11(7-14)13(19-2)16-8-15-12/h3-6,8H,1-2H3,(H,15,16,17). The maximum absolute atomic E-state index is 9.20. The van der Waals surface area contributed by atoms with E-state index in [4.69, 9.17) is 4.74 Å². The van der Waals surface area contributed by atoms with Gasteiger partial charge in [0.05, 0.1) is 7.11 Å². The van der Waals surface area contributed by atoms with Crippen LogP contribution in [0.4, 0.5) is 11.5 Å². The molecule has 0 saturated heterocycles. The molecule has 1 N–H and O–H groups in total. The van der Waals surface area contributed by atoms with Crippen molar-refractivity contribution in [2.75, 3.05) is 18.7 Å². The van der Waals surface area contributed by atoms with Crippen LogP contribution in [0.1, 0.15) is 5.56 Å². The number of anilines is 2. The van der Waals surface area contributed by atoms with Gasteiger partial charge in [-0.2, -0.15) is 5.26 Å². The third-order valence-electron chi connectivity index (χ3n) is 2.45. The fourth-order valence-corrected chi connectivity index (χ4v) is 2.06. The van der Waals surface area contributed by atoms with Gasteiger partial charge in [0, 0.05) is 11.8 Å². The molecule has 0 saturated carbocycles. The minimum absolute atomic E-state index is 0.442. The third-order valence-corrected chi connectivity index (χ3v) is 3.15. The summed E-state index contributed by atoms with van der Waals surface area (Å²) < 4.78 is 5.15. The van der Waals surface area contributed by atoms with Crippen LogP contribution in [-0.2, 0) is 0 Å². The van der Waals surface area contributed by atoms with E-state index in [1.165, 1.54) is 18.1 Å². The Labute approximate surface area is 115 Å². The minimum atomic E-state index is 0.442. The van der Waals surface area contributed by atoms with Crippen molar-refractivity contribution in [3.05, 3.63) is 36.2 Å². The van der Waals surface area contributed by atoms with E-state index in [-0.39, 0.29) is 0 Å². The number of benzene rings is 1. The number of rotatable bonds is 4. The highest BCUT2D eigenvalue weighted by molar-refractivity contribution is 7.98. The Bertz CT molecular complexity index is 624. The average molecular weight is 272 g/mol. The summed E-state index contributed by atoms with van der Waals surface area (Å²) in [6.07, 6.45) is 3.31. The lowest BCUT2D eigenvalue weighted by Crippen LogP contribution is -2.00. The van der Waals surface area contributed by atoms with Gasteiger partial charge in [0.15, 0.2) is 5.82 Å². The highest BCUT2D eigenvalue weighted by Gasteiger charge is 2.10. The van der Waals surface area contributed by atoms with Crippen LogP contribution in [0.15, 0.2) is 35.6 Å². The zero-order valence-corrected chi connectivity index (χ0v) is 11.4. The van der Waals surface area contributed by atoms with E-state index in [1.54, 1.807) is 7.11 Å². The van der Waals surface area contributed by atoms with Crippen molar-refractivity contribution in [1.29, 1.82) is 5.26 Å². The van der Waals surface area contributed by atoms with Crippen molar-refractivity contribution in [2.24, 2.45) is 0 Å². The lowest BCUT2D eigenvalue weighted by molar-refractivity contribution is 0.415. The van der Waals surface area contributed by atoms with Gasteiger partial charge < -0.3 is 10.1 Å². The number of thioether (sulfide) groups is 1. The van der Waals surface area contributed by atoms with Gasteiger partial charge in [0.25, 0.3) is 0 Å². The summed E-state index contributed by atoms with van der Waals surface area (Å²) in [6, 6.07) is 9.56. The first-order chi connectivity index (χ1) is 9.28. The van der Waals surface area contributed by atoms with Crippen LogP contribution in [0.5, 0.6) is 5.75 Å². The Morgan fingerprint density at radius 2 is 2.21 bits per heavy atom. The topological polar surface area (TPSA) is 70.8 Å². The van der Waals surface area contributed by atoms with E-state index in [9.17, 15) is 5.26 Å². The zero-order valence-electron chi connectivity index (χ0n) is 10.5. The van der Waals surface area contributed by atoms with Crippen LogP contribution in [-0.4, -0.2) is 23.3 Å². The summed E-state index contributed by atoms with van der Waals surface area (Å²) in [7, 11) is 1.61. The van der Waals surface area contributed by atoms with Crippen molar-refractivity contribution in [3.63, 3.8) is 0 Å². The van der Waals surface area contributed by atoms with Crippen molar-refractivity contribution < 1.29 is 4.74 Å². The second-order valence-electron chi connectivity index (χ2n) is 3.58. The van der Waals surface area contributed by atoms with Crippen LogP contribution in [0, 0.1) is 11.3 Å². The number of nitriles is 1. The molecule has 1 aromatic carbocycles. The molecule has 6 heteroatoms. The van der Waals surface area contributed by atoms with Gasteiger partial charge in [-0.1, -0.05) is 6.07 Å². The maximum Gasteiger partial charge on any atom is 0.152 e. The molecule has 5 nitrogen and oxygen atoms in total. The summed E-state index contributed by atoms with van der Waals surface area (Å²) in [5.41, 5.74) is 1.25. The van der Waals surface area contributed by atoms with Crippen molar-refractivity contribution >= 4 is 23.3 Å². The number of hydrogen-bond acceptors (Lipinski definition) is 6. The lowest BCUT2D eigenvalue weighted by Gasteiger charge is -2.09. The normalized spacial score (nSPS) is 9.74. The minimum Gasteiger partial charge on any atom is -0.497 e. The van der Waals surface area contributed by atoms with Gasteiger partial charge in [-0.3, -0.25) is 0 Å². The molecule has 0 amide bonds. The molecule has 0 bridgehead atoms. The number of nitrogens with one attached hydrogen (secondary N) is 1. The van der Waals surface area contributed by atoms with Crippen LogP contribution < -0.4 is 10.1 Å². The van der Waals surface area contributed by atoms with Gasteiger partial charge in [-0.05, 0) is 18.4 Å². The van der Waals surface area contributed by atoms with E-state index in [0.717, 1.165) is 11.4 Å². The number of aromatic nitrogens is 2. The quantitative estimate of drug-likeness (QED) is 0.681. The van der Waals surface area contributed by atoms with E-state index in [1.807, 2.05) is 30.5 Å². The molecule has 0 aliphatic heterocycles. The van der Waals surface area contributed by atoms with Crippen molar-refractivity contribution in [2.45, 2.75) is 5.03 Å². The number of hydrogen-bond donors (Lipinski definition) is 1. The van der Waals surface area contributed by atoms with E-state index < -0.39 is 0 Å². The molecule has 0 unspecified atom stereocenters. The largest absolute Gasteiger partial charge is 0.497 e. The van der Waals surface area contributed by atoms with Gasteiger partial charge >= 0.3 is 0 Å². The molecule has 96 valence electrons. The summed E-state index contributed by atoms with van der Waals surface area (Å²) >= 11 is 1.41. The second-order valence-corrected chi connectivity index (χ2v) is 4.37. The van der Waals surface area contributed by atoms with Gasteiger partial charge in [0.1, 0.15) is 28.7 Å². The SMILES string of the molecule is COc1cccc(Nc2ncnc(SC)c2C#N)c1. The van der Waals surface area contributed by atoms with Gasteiger partial charge in [0.2, 0.25) is 0 Å². The summed E-state index contributed by atoms with van der Waals surface area (Å²) in [5, 5.41) is 13.0. The fourth-order valence-electron chi connectivity index (χ4n) is 1.56. The Kier molecular flexibility index (Phi) is 4.21.